The highest BCUT2D eigenvalue weighted by atomic mass is 16.5. The van der Waals surface area contributed by atoms with Gasteiger partial charge in [0.05, 0.1) is 17.6 Å². The fourth-order valence-electron chi connectivity index (χ4n) is 2.84. The summed E-state index contributed by atoms with van der Waals surface area (Å²) in [7, 11) is 0. The van der Waals surface area contributed by atoms with E-state index in [9.17, 15) is 5.11 Å². The average molecular weight is 322 g/mol. The van der Waals surface area contributed by atoms with Crippen LogP contribution in [0.3, 0.4) is 0 Å². The van der Waals surface area contributed by atoms with Crippen LogP contribution in [0.15, 0.2) is 61.2 Å². The van der Waals surface area contributed by atoms with Gasteiger partial charge < -0.3 is 14.4 Å². The molecule has 0 saturated carbocycles. The molecule has 0 amide bonds. The second kappa shape index (κ2) is 7.32. The highest BCUT2D eigenvalue weighted by Gasteiger charge is 2.13. The van der Waals surface area contributed by atoms with E-state index in [0.29, 0.717) is 6.54 Å². The number of aliphatic hydroxyl groups excluding tert-OH is 1. The van der Waals surface area contributed by atoms with Gasteiger partial charge in [0.15, 0.2) is 0 Å². The first-order valence-corrected chi connectivity index (χ1v) is 8.10. The topological polar surface area (TPSA) is 47.3 Å². The van der Waals surface area contributed by atoms with Crippen molar-refractivity contribution in [2.45, 2.75) is 26.0 Å². The summed E-state index contributed by atoms with van der Waals surface area (Å²) in [6, 6.07) is 15.8. The van der Waals surface area contributed by atoms with Crippen molar-refractivity contribution in [2.75, 3.05) is 6.61 Å². The number of para-hydroxylation sites is 3. The molecule has 3 rings (SSSR count). The Bertz CT molecular complexity index is 839. The summed E-state index contributed by atoms with van der Waals surface area (Å²) >= 11 is 0. The maximum absolute atomic E-state index is 10.4. The lowest BCUT2D eigenvalue weighted by molar-refractivity contribution is 0.0925. The summed E-state index contributed by atoms with van der Waals surface area (Å²) in [6.07, 6.45) is 1.98. The van der Waals surface area contributed by atoms with Crippen molar-refractivity contribution in [1.29, 1.82) is 0 Å². The number of ether oxygens (including phenoxy) is 1. The molecule has 4 nitrogen and oxygen atoms in total. The normalized spacial score (nSPS) is 12.2. The third kappa shape index (κ3) is 3.49. The molecule has 0 aliphatic carbocycles. The van der Waals surface area contributed by atoms with Crippen LogP contribution in [0, 0.1) is 6.92 Å². The molecule has 1 heterocycles. The van der Waals surface area contributed by atoms with Crippen LogP contribution < -0.4 is 4.74 Å². The Balaban J connectivity index is 1.69. The first kappa shape index (κ1) is 16.3. The minimum Gasteiger partial charge on any atom is -0.491 e. The van der Waals surface area contributed by atoms with E-state index in [1.165, 1.54) is 0 Å². The zero-order chi connectivity index (χ0) is 16.9. The third-order valence-corrected chi connectivity index (χ3v) is 4.01. The number of fused-ring (bicyclic) bond motifs is 1. The van der Waals surface area contributed by atoms with Crippen LogP contribution in [0.25, 0.3) is 11.0 Å². The molecule has 1 unspecified atom stereocenters. The Labute approximate surface area is 142 Å². The number of imidazole rings is 1. The number of hydrogen-bond donors (Lipinski definition) is 1. The number of rotatable bonds is 7. The van der Waals surface area contributed by atoms with Crippen LogP contribution >= 0.6 is 0 Å². The van der Waals surface area contributed by atoms with Crippen molar-refractivity contribution in [3.05, 3.63) is 72.6 Å². The van der Waals surface area contributed by atoms with Crippen molar-refractivity contribution in [3.63, 3.8) is 0 Å². The Morgan fingerprint density at radius 2 is 1.96 bits per heavy atom. The average Bonchev–Trinajstić information content (AvgIpc) is 2.90. The van der Waals surface area contributed by atoms with E-state index in [1.807, 2.05) is 66.1 Å². The number of allylic oxidation sites excluding steroid dienone is 1. The van der Waals surface area contributed by atoms with Gasteiger partial charge in [0.1, 0.15) is 24.3 Å². The van der Waals surface area contributed by atoms with Crippen LogP contribution in [0.4, 0.5) is 0 Å². The molecule has 1 atom stereocenters. The lowest BCUT2D eigenvalue weighted by atomic mass is 10.1. The zero-order valence-electron chi connectivity index (χ0n) is 13.9. The molecule has 0 saturated heterocycles. The molecule has 0 spiro atoms. The van der Waals surface area contributed by atoms with Gasteiger partial charge in [-0.25, -0.2) is 4.98 Å². The molecule has 2 aromatic carbocycles. The summed E-state index contributed by atoms with van der Waals surface area (Å²) in [5.41, 5.74) is 3.05. The zero-order valence-corrected chi connectivity index (χ0v) is 13.9. The van der Waals surface area contributed by atoms with E-state index in [-0.39, 0.29) is 6.61 Å². The summed E-state index contributed by atoms with van der Waals surface area (Å²) in [5.74, 6) is 1.69. The predicted octanol–water partition coefficient (Wildman–Crippen LogP) is 3.51. The van der Waals surface area contributed by atoms with Gasteiger partial charge in [-0.3, -0.25) is 0 Å². The first-order valence-electron chi connectivity index (χ1n) is 8.10. The van der Waals surface area contributed by atoms with Gasteiger partial charge in [-0.15, -0.1) is 6.58 Å². The van der Waals surface area contributed by atoms with Crippen LogP contribution in [0.5, 0.6) is 5.75 Å². The maximum Gasteiger partial charge on any atom is 0.122 e. The van der Waals surface area contributed by atoms with Crippen molar-refractivity contribution < 1.29 is 9.84 Å². The van der Waals surface area contributed by atoms with Crippen LogP contribution in [0.1, 0.15) is 11.4 Å². The highest BCUT2D eigenvalue weighted by Crippen LogP contribution is 2.20. The fraction of sp³-hybridized carbons (Fsp3) is 0.250. The number of aliphatic hydroxyl groups is 1. The number of hydrogen-bond acceptors (Lipinski definition) is 3. The van der Waals surface area contributed by atoms with Gasteiger partial charge in [-0.2, -0.15) is 0 Å². The van der Waals surface area contributed by atoms with Crippen LogP contribution in [0.2, 0.25) is 0 Å². The molecule has 24 heavy (non-hydrogen) atoms. The molecule has 3 aromatic rings. The van der Waals surface area contributed by atoms with Gasteiger partial charge in [-0.05, 0) is 37.1 Å². The SMILES string of the molecule is C=CCc1ccccc1OCC(O)Cn1c(C)nc2ccccc21. The minimum absolute atomic E-state index is 0.236. The van der Waals surface area contributed by atoms with E-state index in [1.54, 1.807) is 0 Å². The molecular weight excluding hydrogens is 300 g/mol. The summed E-state index contributed by atoms with van der Waals surface area (Å²) in [6.45, 7) is 6.41. The van der Waals surface area contributed by atoms with E-state index in [4.69, 9.17) is 4.74 Å². The maximum atomic E-state index is 10.4. The number of benzene rings is 2. The summed E-state index contributed by atoms with van der Waals surface area (Å²) < 4.78 is 7.85. The van der Waals surface area contributed by atoms with E-state index in [2.05, 4.69) is 11.6 Å². The Morgan fingerprint density at radius 3 is 2.79 bits per heavy atom. The van der Waals surface area contributed by atoms with Gasteiger partial charge in [0.25, 0.3) is 0 Å². The summed E-state index contributed by atoms with van der Waals surface area (Å²) in [5, 5.41) is 10.4. The number of aromatic nitrogens is 2. The van der Waals surface area contributed by atoms with Crippen LogP contribution in [-0.2, 0) is 13.0 Å². The predicted molar refractivity (Wildman–Crippen MR) is 96.3 cm³/mol. The molecule has 4 heteroatoms. The second-order valence-corrected chi connectivity index (χ2v) is 5.82. The van der Waals surface area contributed by atoms with E-state index in [0.717, 1.165) is 34.6 Å². The van der Waals surface area contributed by atoms with Crippen LogP contribution in [-0.4, -0.2) is 27.4 Å². The van der Waals surface area contributed by atoms with E-state index < -0.39 is 6.10 Å². The van der Waals surface area contributed by atoms with Gasteiger partial charge in [0.2, 0.25) is 0 Å². The third-order valence-electron chi connectivity index (χ3n) is 4.01. The fourth-order valence-corrected chi connectivity index (χ4v) is 2.84. The first-order chi connectivity index (χ1) is 11.7. The summed E-state index contributed by atoms with van der Waals surface area (Å²) in [4.78, 5) is 4.52. The van der Waals surface area contributed by atoms with Gasteiger partial charge in [0, 0.05) is 0 Å². The second-order valence-electron chi connectivity index (χ2n) is 5.82. The number of aryl methyl sites for hydroxylation is 1. The van der Waals surface area contributed by atoms with E-state index >= 15 is 0 Å². The van der Waals surface area contributed by atoms with Crippen molar-refractivity contribution in [1.82, 2.24) is 9.55 Å². The smallest absolute Gasteiger partial charge is 0.122 e. The molecule has 0 fully saturated rings. The van der Waals surface area contributed by atoms with Crippen molar-refractivity contribution >= 4 is 11.0 Å². The Kier molecular flexibility index (Phi) is 4.96. The molecule has 124 valence electrons. The lowest BCUT2D eigenvalue weighted by Gasteiger charge is -2.16. The standard InChI is InChI=1S/C20H22N2O2/c1-3-8-16-9-4-7-12-20(16)24-14-17(23)13-22-15(2)21-18-10-5-6-11-19(18)22/h3-7,9-12,17,23H,1,8,13-14H2,2H3. The van der Waals surface area contributed by atoms with Gasteiger partial charge >= 0.3 is 0 Å². The molecule has 1 N–H and O–H groups in total. The molecule has 1 aromatic heterocycles. The molecule has 0 aliphatic heterocycles. The molecule has 0 aliphatic rings. The molecular formula is C20H22N2O2. The molecule has 0 bridgehead atoms. The number of nitrogens with zero attached hydrogens (tertiary/aromatic N) is 2. The van der Waals surface area contributed by atoms with Crippen molar-refractivity contribution in [3.8, 4) is 5.75 Å². The quantitative estimate of drug-likeness (QED) is 0.677. The minimum atomic E-state index is -0.613. The largest absolute Gasteiger partial charge is 0.491 e. The lowest BCUT2D eigenvalue weighted by Crippen LogP contribution is -2.24. The Hall–Kier alpha value is -2.59. The highest BCUT2D eigenvalue weighted by molar-refractivity contribution is 5.75. The van der Waals surface area contributed by atoms with Gasteiger partial charge in [-0.1, -0.05) is 36.4 Å². The Morgan fingerprint density at radius 1 is 1.21 bits per heavy atom. The van der Waals surface area contributed by atoms with Crippen molar-refractivity contribution in [2.24, 2.45) is 0 Å². The molecule has 0 radical (unpaired) electrons. The monoisotopic (exact) mass is 322 g/mol.